The van der Waals surface area contributed by atoms with Crippen molar-refractivity contribution < 1.29 is 10.0 Å². The van der Waals surface area contributed by atoms with Gasteiger partial charge >= 0.3 is 0 Å². The van der Waals surface area contributed by atoms with Gasteiger partial charge in [0.2, 0.25) is 0 Å². The monoisotopic (exact) mass is 266 g/mol. The molecular weight excluding hydrogens is 244 g/mol. The maximum Gasteiger partial charge on any atom is 0.273 e. The van der Waals surface area contributed by atoms with E-state index in [1.54, 1.807) is 18.2 Å². The molecule has 5 nitrogen and oxygen atoms in total. The van der Waals surface area contributed by atoms with Crippen LogP contribution in [0.25, 0.3) is 0 Å². The molecule has 1 N–H and O–H groups in total. The molecule has 0 aliphatic carbocycles. The lowest BCUT2D eigenvalue weighted by Gasteiger charge is -2.36. The lowest BCUT2D eigenvalue weighted by Crippen LogP contribution is -2.44. The third-order valence-electron chi connectivity index (χ3n) is 3.31. The fourth-order valence-electron chi connectivity index (χ4n) is 2.28. The number of likely N-dealkylation sites (N-methyl/N-ethyl adjacent to an activating group) is 1. The average Bonchev–Trinajstić information content (AvgIpc) is 2.28. The van der Waals surface area contributed by atoms with Crippen LogP contribution in [0.2, 0.25) is 0 Å². The Bertz CT molecular complexity index is 441. The molecule has 106 valence electrons. The van der Waals surface area contributed by atoms with Crippen LogP contribution in [0, 0.1) is 15.5 Å². The van der Waals surface area contributed by atoms with Crippen molar-refractivity contribution in [3.05, 3.63) is 39.9 Å². The summed E-state index contributed by atoms with van der Waals surface area (Å²) in [5.41, 5.74) is 0.699. The van der Waals surface area contributed by atoms with Gasteiger partial charge in [-0.25, -0.2) is 0 Å². The van der Waals surface area contributed by atoms with Gasteiger partial charge in [0.15, 0.2) is 0 Å². The average molecular weight is 266 g/mol. The van der Waals surface area contributed by atoms with Gasteiger partial charge in [-0.1, -0.05) is 39.0 Å². The largest absolute Gasteiger partial charge is 0.395 e. The molecule has 0 amide bonds. The van der Waals surface area contributed by atoms with Crippen LogP contribution in [-0.4, -0.2) is 34.6 Å². The Morgan fingerprint density at radius 1 is 1.37 bits per heavy atom. The van der Waals surface area contributed by atoms with Gasteiger partial charge in [-0.05, 0) is 12.5 Å². The van der Waals surface area contributed by atoms with Crippen LogP contribution in [0.15, 0.2) is 24.3 Å². The molecule has 5 heteroatoms. The molecule has 0 bridgehead atoms. The SMILES string of the molecule is CN(Cc1ccccc1[N+](=O)[O-])C(CO)C(C)(C)C. The smallest absolute Gasteiger partial charge is 0.273 e. The molecule has 19 heavy (non-hydrogen) atoms. The number of hydrogen-bond donors (Lipinski definition) is 1. The number of rotatable bonds is 5. The minimum Gasteiger partial charge on any atom is -0.395 e. The molecular formula is C14H22N2O3. The predicted molar refractivity (Wildman–Crippen MR) is 74.9 cm³/mol. The molecule has 1 aromatic carbocycles. The van der Waals surface area contributed by atoms with Crippen molar-refractivity contribution in [2.24, 2.45) is 5.41 Å². The number of para-hydroxylation sites is 1. The third kappa shape index (κ3) is 4.01. The van der Waals surface area contributed by atoms with E-state index in [0.29, 0.717) is 12.1 Å². The van der Waals surface area contributed by atoms with E-state index in [1.165, 1.54) is 6.07 Å². The van der Waals surface area contributed by atoms with Crippen molar-refractivity contribution >= 4 is 5.69 Å². The van der Waals surface area contributed by atoms with Crippen molar-refractivity contribution in [1.82, 2.24) is 4.90 Å². The second kappa shape index (κ2) is 6.12. The molecule has 1 atom stereocenters. The molecule has 0 aliphatic rings. The number of benzene rings is 1. The number of hydrogen-bond acceptors (Lipinski definition) is 4. The van der Waals surface area contributed by atoms with Gasteiger partial charge < -0.3 is 5.11 Å². The minimum absolute atomic E-state index is 0.0284. The quantitative estimate of drug-likeness (QED) is 0.656. The molecule has 1 unspecified atom stereocenters. The Kier molecular flexibility index (Phi) is 5.03. The molecule has 0 spiro atoms. The number of nitro groups is 1. The zero-order chi connectivity index (χ0) is 14.6. The Morgan fingerprint density at radius 3 is 2.42 bits per heavy atom. The fraction of sp³-hybridized carbons (Fsp3) is 0.571. The molecule has 1 rings (SSSR count). The van der Waals surface area contributed by atoms with Crippen molar-refractivity contribution in [3.8, 4) is 0 Å². The van der Waals surface area contributed by atoms with E-state index in [-0.39, 0.29) is 28.7 Å². The zero-order valence-corrected chi connectivity index (χ0v) is 12.0. The van der Waals surface area contributed by atoms with Gasteiger partial charge in [0.05, 0.1) is 11.5 Å². The molecule has 0 saturated heterocycles. The predicted octanol–water partition coefficient (Wildman–Crippen LogP) is 2.43. The van der Waals surface area contributed by atoms with E-state index in [9.17, 15) is 15.2 Å². The van der Waals surface area contributed by atoms with Gasteiger partial charge in [-0.15, -0.1) is 0 Å². The molecule has 0 fully saturated rings. The Balaban J connectivity index is 2.93. The fourth-order valence-corrected chi connectivity index (χ4v) is 2.28. The molecule has 0 radical (unpaired) electrons. The van der Waals surface area contributed by atoms with E-state index in [4.69, 9.17) is 0 Å². The van der Waals surface area contributed by atoms with Gasteiger partial charge in [0, 0.05) is 24.2 Å². The van der Waals surface area contributed by atoms with E-state index in [2.05, 4.69) is 0 Å². The number of aliphatic hydroxyl groups excluding tert-OH is 1. The maximum absolute atomic E-state index is 11.0. The van der Waals surface area contributed by atoms with E-state index < -0.39 is 0 Å². The topological polar surface area (TPSA) is 66.6 Å². The normalized spacial score (nSPS) is 13.6. The minimum atomic E-state index is -0.367. The summed E-state index contributed by atoms with van der Waals surface area (Å²) in [5.74, 6) is 0. The Labute approximate surface area is 114 Å². The van der Waals surface area contributed by atoms with Crippen molar-refractivity contribution in [2.45, 2.75) is 33.4 Å². The third-order valence-corrected chi connectivity index (χ3v) is 3.31. The molecule has 0 aromatic heterocycles. The highest BCUT2D eigenvalue weighted by atomic mass is 16.6. The summed E-state index contributed by atoms with van der Waals surface area (Å²) >= 11 is 0. The molecule has 0 heterocycles. The molecule has 1 aromatic rings. The van der Waals surface area contributed by atoms with Crippen LogP contribution in [-0.2, 0) is 6.54 Å². The van der Waals surface area contributed by atoms with Crippen molar-refractivity contribution in [1.29, 1.82) is 0 Å². The van der Waals surface area contributed by atoms with Crippen LogP contribution in [0.5, 0.6) is 0 Å². The van der Waals surface area contributed by atoms with Gasteiger partial charge in [0.25, 0.3) is 5.69 Å². The van der Waals surface area contributed by atoms with Gasteiger partial charge in [0.1, 0.15) is 0 Å². The first-order valence-corrected chi connectivity index (χ1v) is 6.30. The summed E-state index contributed by atoms with van der Waals surface area (Å²) in [6.45, 7) is 6.61. The van der Waals surface area contributed by atoms with E-state index >= 15 is 0 Å². The Hall–Kier alpha value is -1.46. The Morgan fingerprint density at radius 2 is 1.95 bits per heavy atom. The van der Waals surface area contributed by atoms with Crippen LogP contribution in [0.4, 0.5) is 5.69 Å². The molecule has 0 aliphatic heterocycles. The summed E-state index contributed by atoms with van der Waals surface area (Å²) in [4.78, 5) is 12.6. The van der Waals surface area contributed by atoms with Gasteiger partial charge in [-0.3, -0.25) is 15.0 Å². The van der Waals surface area contributed by atoms with Gasteiger partial charge in [-0.2, -0.15) is 0 Å². The first kappa shape index (κ1) is 15.6. The number of aliphatic hydroxyl groups is 1. The lowest BCUT2D eigenvalue weighted by molar-refractivity contribution is -0.385. The van der Waals surface area contributed by atoms with Crippen LogP contribution < -0.4 is 0 Å². The second-order valence-electron chi connectivity index (χ2n) is 5.87. The second-order valence-corrected chi connectivity index (χ2v) is 5.87. The summed E-state index contributed by atoms with van der Waals surface area (Å²) in [6.07, 6.45) is 0. The van der Waals surface area contributed by atoms with E-state index in [0.717, 1.165) is 0 Å². The number of nitro benzene ring substituents is 1. The standard InChI is InChI=1S/C14H22N2O3/c1-14(2,3)13(10-17)15(4)9-11-7-5-6-8-12(11)16(18)19/h5-8,13,17H,9-10H2,1-4H3. The van der Waals surface area contributed by atoms with Crippen LogP contribution in [0.3, 0.4) is 0 Å². The summed E-state index contributed by atoms with van der Waals surface area (Å²) < 4.78 is 0. The molecule has 0 saturated carbocycles. The first-order chi connectivity index (χ1) is 8.77. The number of nitrogens with zero attached hydrogens (tertiary/aromatic N) is 2. The highest BCUT2D eigenvalue weighted by molar-refractivity contribution is 5.39. The summed E-state index contributed by atoms with van der Waals surface area (Å²) in [5, 5.41) is 20.5. The zero-order valence-electron chi connectivity index (χ0n) is 12.0. The van der Waals surface area contributed by atoms with Crippen molar-refractivity contribution in [2.75, 3.05) is 13.7 Å². The highest BCUT2D eigenvalue weighted by Crippen LogP contribution is 2.26. The first-order valence-electron chi connectivity index (χ1n) is 6.30. The van der Waals surface area contributed by atoms with Crippen LogP contribution >= 0.6 is 0 Å². The van der Waals surface area contributed by atoms with E-state index in [1.807, 2.05) is 32.7 Å². The summed E-state index contributed by atoms with van der Waals surface area (Å²) in [6, 6.07) is 6.67. The summed E-state index contributed by atoms with van der Waals surface area (Å²) in [7, 11) is 1.88. The van der Waals surface area contributed by atoms with Crippen LogP contribution in [0.1, 0.15) is 26.3 Å². The van der Waals surface area contributed by atoms with Crippen molar-refractivity contribution in [3.63, 3.8) is 0 Å². The maximum atomic E-state index is 11.0. The highest BCUT2D eigenvalue weighted by Gasteiger charge is 2.28. The lowest BCUT2D eigenvalue weighted by atomic mass is 9.86.